The van der Waals surface area contributed by atoms with E-state index in [2.05, 4.69) is 46.8 Å². The number of hydrogen-bond acceptors (Lipinski definition) is 10. The van der Waals surface area contributed by atoms with Crippen molar-refractivity contribution in [2.75, 3.05) is 73.6 Å². The lowest BCUT2D eigenvalue weighted by molar-refractivity contribution is -0.137. The molecule has 17 heteroatoms. The number of pyridine rings is 1. The first-order valence-electron chi connectivity index (χ1n) is 26.1. The minimum absolute atomic E-state index is 0.00584. The lowest BCUT2D eigenvalue weighted by Gasteiger charge is -2.40. The lowest BCUT2D eigenvalue weighted by atomic mass is 9.91. The van der Waals surface area contributed by atoms with Gasteiger partial charge in [0.2, 0.25) is 17.7 Å². The number of nitrogens with zero attached hydrogens (tertiary/aromatic N) is 10. The van der Waals surface area contributed by atoms with Crippen molar-refractivity contribution in [1.29, 1.82) is 0 Å². The molecule has 15 nitrogen and oxygen atoms in total. The van der Waals surface area contributed by atoms with Gasteiger partial charge in [0, 0.05) is 143 Å². The second kappa shape index (κ2) is 18.7. The van der Waals surface area contributed by atoms with Crippen molar-refractivity contribution in [3.63, 3.8) is 0 Å². The number of hydrogen-bond donors (Lipinski definition) is 1. The van der Waals surface area contributed by atoms with Crippen LogP contribution < -0.4 is 20.0 Å². The van der Waals surface area contributed by atoms with Crippen molar-refractivity contribution in [2.24, 2.45) is 5.92 Å². The molecule has 2 aromatic carbocycles. The molecule has 1 N–H and O–H groups in total. The zero-order chi connectivity index (χ0) is 48.5. The molecule has 1 saturated carbocycles. The smallest absolute Gasteiger partial charge is 0.264 e. The van der Waals surface area contributed by atoms with Crippen LogP contribution >= 0.6 is 0 Å². The maximum Gasteiger partial charge on any atom is 0.264 e. The Balaban J connectivity index is 0.748. The van der Waals surface area contributed by atoms with Crippen molar-refractivity contribution in [2.45, 2.75) is 116 Å². The van der Waals surface area contributed by atoms with E-state index in [1.165, 1.54) is 25.0 Å². The molecule has 7 aliphatic rings. The van der Waals surface area contributed by atoms with E-state index < -0.39 is 18.4 Å². The van der Waals surface area contributed by atoms with Gasteiger partial charge in [0.1, 0.15) is 11.7 Å². The molecule has 1 aliphatic carbocycles. The van der Waals surface area contributed by atoms with Gasteiger partial charge in [-0.1, -0.05) is 19.3 Å². The summed E-state index contributed by atoms with van der Waals surface area (Å²) >= 11 is 0. The predicted molar refractivity (Wildman–Crippen MR) is 266 cm³/mol. The molecule has 9 heterocycles. The summed E-state index contributed by atoms with van der Waals surface area (Å²) in [5.74, 6) is 0.551. The topological polar surface area (TPSA) is 135 Å². The van der Waals surface area contributed by atoms with Crippen molar-refractivity contribution in [3.8, 4) is 11.1 Å². The third kappa shape index (κ3) is 8.50. The van der Waals surface area contributed by atoms with Crippen LogP contribution in [-0.4, -0.2) is 122 Å². The molecule has 12 rings (SSSR count). The van der Waals surface area contributed by atoms with Gasteiger partial charge in [-0.25, -0.2) is 13.8 Å². The lowest BCUT2D eigenvalue weighted by Crippen LogP contribution is -2.52. The van der Waals surface area contributed by atoms with Crippen LogP contribution in [0.3, 0.4) is 0 Å². The van der Waals surface area contributed by atoms with Gasteiger partial charge in [-0.15, -0.1) is 0 Å². The number of nitrogens with one attached hydrogen (secondary N) is 1. The Morgan fingerprint density at radius 3 is 2.37 bits per heavy atom. The first-order chi connectivity index (χ1) is 34.5. The molecule has 1 atom stereocenters. The fourth-order valence-electron chi connectivity index (χ4n) is 12.9. The number of piperazine rings is 1. The van der Waals surface area contributed by atoms with Gasteiger partial charge in [-0.3, -0.25) is 34.1 Å². The number of rotatable bonds is 9. The number of alkyl halides is 2. The summed E-state index contributed by atoms with van der Waals surface area (Å²) in [6.45, 7) is 9.90. The van der Waals surface area contributed by atoms with Gasteiger partial charge >= 0.3 is 0 Å². The SMILES string of the molecule is CC(=O)N1CCc2c(c(N3CCCc4cc(-c5cc6nccn6cc5N5CCN(CC6CCN(c7ccc8c(c7)CN(C7CCC(=O)NC7=O)C8=O)CC6)CC5)c(C(F)F)cc43)nn2C2CCCCC2)C1. The number of anilines is 4. The van der Waals surface area contributed by atoms with Crippen LogP contribution in [0, 0.1) is 5.92 Å². The third-order valence-corrected chi connectivity index (χ3v) is 16.8. The Morgan fingerprint density at radius 1 is 0.775 bits per heavy atom. The average Bonchev–Trinajstić information content (AvgIpc) is 4.11. The normalized spacial score (nSPS) is 21.6. The number of halogens is 2. The molecule has 0 spiro atoms. The molecule has 71 heavy (non-hydrogen) atoms. The van der Waals surface area contributed by atoms with Crippen LogP contribution in [0.25, 0.3) is 16.8 Å². The highest BCUT2D eigenvalue weighted by Gasteiger charge is 2.40. The van der Waals surface area contributed by atoms with E-state index in [0.717, 1.165) is 136 Å². The van der Waals surface area contributed by atoms with E-state index in [-0.39, 0.29) is 29.7 Å². The maximum absolute atomic E-state index is 15.7. The van der Waals surface area contributed by atoms with Crippen molar-refractivity contribution < 1.29 is 28.0 Å². The zero-order valence-corrected chi connectivity index (χ0v) is 40.6. The van der Waals surface area contributed by atoms with Gasteiger partial charge in [0.05, 0.1) is 18.3 Å². The van der Waals surface area contributed by atoms with Gasteiger partial charge in [-0.05, 0) is 104 Å². The van der Waals surface area contributed by atoms with Gasteiger partial charge in [0.15, 0.2) is 5.82 Å². The van der Waals surface area contributed by atoms with E-state index in [4.69, 9.17) is 5.10 Å². The fourth-order valence-corrected chi connectivity index (χ4v) is 12.9. The van der Waals surface area contributed by atoms with Crippen LogP contribution in [0.15, 0.2) is 55.0 Å². The van der Waals surface area contributed by atoms with Gasteiger partial charge in [0.25, 0.3) is 12.3 Å². The Hall–Kier alpha value is -6.36. The number of fused-ring (bicyclic) bond motifs is 4. The Labute approximate surface area is 412 Å². The summed E-state index contributed by atoms with van der Waals surface area (Å²) in [5, 5.41) is 7.73. The standard InChI is InChI=1S/C54H63F2N11O4/c1-34(68)63-20-15-45-44(32-63)52(59-67(45)38-7-3-2-4-8-38)65-17-5-6-36-27-41(43(51(55)56)28-47(36)65)42-29-49-57-16-21-64(49)33-48(42)62-24-22-60(23-25-62)30-35-13-18-61(19-14-35)39-9-10-40-37(26-39)31-66(54(40)71)46-11-12-50(69)58-53(46)70/h9-10,16,21,26-29,33,35,38,46,51H,2-8,11-15,17-20,22-25,30-32H2,1H3,(H,58,69,70). The molecule has 6 aliphatic heterocycles. The Bertz CT molecular complexity index is 2910. The summed E-state index contributed by atoms with van der Waals surface area (Å²) in [7, 11) is 0. The molecule has 1 unspecified atom stereocenters. The first-order valence-corrected chi connectivity index (χ1v) is 26.1. The molecule has 0 bridgehead atoms. The largest absolute Gasteiger partial charge is 0.372 e. The molecule has 3 aromatic heterocycles. The molecule has 0 radical (unpaired) electrons. The first kappa shape index (κ1) is 45.8. The van der Waals surface area contributed by atoms with E-state index in [9.17, 15) is 19.2 Å². The number of aryl methyl sites for hydroxylation is 1. The predicted octanol–water partition coefficient (Wildman–Crippen LogP) is 7.43. The minimum Gasteiger partial charge on any atom is -0.372 e. The second-order valence-corrected chi connectivity index (χ2v) is 21.0. The number of carbonyl (C=O) groups excluding carboxylic acids is 4. The molecule has 3 saturated heterocycles. The van der Waals surface area contributed by atoms with Crippen molar-refractivity contribution in [3.05, 3.63) is 88.5 Å². The summed E-state index contributed by atoms with van der Waals surface area (Å²) < 4.78 is 35.6. The third-order valence-electron chi connectivity index (χ3n) is 16.8. The monoisotopic (exact) mass is 968 g/mol. The molecule has 5 aromatic rings. The number of aromatic nitrogens is 4. The van der Waals surface area contributed by atoms with E-state index in [0.29, 0.717) is 61.3 Å². The van der Waals surface area contributed by atoms with E-state index >= 15 is 8.78 Å². The summed E-state index contributed by atoms with van der Waals surface area (Å²) in [6.07, 6.45) is 13.8. The summed E-state index contributed by atoms with van der Waals surface area (Å²) in [4.78, 5) is 67.9. The van der Waals surface area contributed by atoms with Crippen LogP contribution in [-0.2, 0) is 40.3 Å². The molecular weight excluding hydrogens is 905 g/mol. The van der Waals surface area contributed by atoms with Crippen molar-refractivity contribution >= 4 is 52.2 Å². The number of imidazole rings is 1. The van der Waals surface area contributed by atoms with E-state index in [1.807, 2.05) is 39.8 Å². The highest BCUT2D eigenvalue weighted by molar-refractivity contribution is 6.05. The number of imide groups is 1. The Morgan fingerprint density at radius 2 is 1.59 bits per heavy atom. The van der Waals surface area contributed by atoms with Crippen LogP contribution in [0.2, 0.25) is 0 Å². The summed E-state index contributed by atoms with van der Waals surface area (Å²) in [6, 6.07) is 11.4. The number of benzene rings is 2. The number of piperidine rings is 2. The highest BCUT2D eigenvalue weighted by Crippen LogP contribution is 2.46. The van der Waals surface area contributed by atoms with Gasteiger partial charge < -0.3 is 28.9 Å². The quantitative estimate of drug-likeness (QED) is 0.149. The minimum atomic E-state index is -2.71. The molecule has 4 fully saturated rings. The zero-order valence-electron chi connectivity index (χ0n) is 40.6. The number of carbonyl (C=O) groups is 4. The average molecular weight is 968 g/mol. The Kier molecular flexibility index (Phi) is 12.0. The highest BCUT2D eigenvalue weighted by atomic mass is 19.3. The van der Waals surface area contributed by atoms with Crippen LogP contribution in [0.5, 0.6) is 0 Å². The van der Waals surface area contributed by atoms with Crippen LogP contribution in [0.4, 0.5) is 31.7 Å². The second-order valence-electron chi connectivity index (χ2n) is 21.0. The van der Waals surface area contributed by atoms with Crippen LogP contribution in [0.1, 0.15) is 122 Å². The maximum atomic E-state index is 15.7. The molecule has 4 amide bonds. The van der Waals surface area contributed by atoms with Crippen molar-refractivity contribution in [1.82, 2.24) is 39.2 Å². The molecule has 372 valence electrons. The van der Waals surface area contributed by atoms with E-state index in [1.54, 1.807) is 24.1 Å². The summed E-state index contributed by atoms with van der Waals surface area (Å²) in [5.41, 5.74) is 9.69. The van der Waals surface area contributed by atoms with Gasteiger partial charge in [-0.2, -0.15) is 5.10 Å². The molecular formula is C54H63F2N11O4. The number of amides is 4. The fraction of sp³-hybridized carbons (Fsp3) is 0.519.